The highest BCUT2D eigenvalue weighted by Crippen LogP contribution is 2.13. The Bertz CT molecular complexity index is 350. The van der Waals surface area contributed by atoms with Gasteiger partial charge in [-0.3, -0.25) is 4.79 Å². The van der Waals surface area contributed by atoms with E-state index in [0.29, 0.717) is 6.04 Å². The number of hydrogen-bond acceptors (Lipinski definition) is 2. The van der Waals surface area contributed by atoms with Gasteiger partial charge in [0, 0.05) is 24.7 Å². The summed E-state index contributed by atoms with van der Waals surface area (Å²) in [5, 5.41) is 3.39. The molecule has 1 fully saturated rings. The minimum absolute atomic E-state index is 0.154. The Balaban J connectivity index is 1.97. The Morgan fingerprint density at radius 3 is 2.88 bits per heavy atom. The average Bonchev–Trinajstić information content (AvgIpc) is 2.78. The van der Waals surface area contributed by atoms with Crippen molar-refractivity contribution in [2.75, 3.05) is 19.6 Å². The van der Waals surface area contributed by atoms with Crippen LogP contribution in [-0.4, -0.2) is 36.5 Å². The van der Waals surface area contributed by atoms with Crippen molar-refractivity contribution in [3.63, 3.8) is 0 Å². The molecule has 1 amide bonds. The Labute approximate surface area is 96.5 Å². The van der Waals surface area contributed by atoms with E-state index in [1.165, 1.54) is 0 Å². The highest BCUT2D eigenvalue weighted by atomic mass is 16.2. The van der Waals surface area contributed by atoms with Crippen molar-refractivity contribution in [1.29, 1.82) is 0 Å². The van der Waals surface area contributed by atoms with Crippen LogP contribution in [0.25, 0.3) is 0 Å². The first-order chi connectivity index (χ1) is 7.81. The summed E-state index contributed by atoms with van der Waals surface area (Å²) in [6.07, 6.45) is 1.06. The molecule has 1 atom stereocenters. The van der Waals surface area contributed by atoms with E-state index in [1.54, 1.807) is 0 Å². The maximum Gasteiger partial charge on any atom is 0.253 e. The van der Waals surface area contributed by atoms with Gasteiger partial charge in [0.1, 0.15) is 0 Å². The summed E-state index contributed by atoms with van der Waals surface area (Å²) < 4.78 is 0. The highest BCUT2D eigenvalue weighted by molar-refractivity contribution is 5.94. The smallest absolute Gasteiger partial charge is 0.253 e. The maximum atomic E-state index is 12.1. The number of benzene rings is 1. The van der Waals surface area contributed by atoms with E-state index >= 15 is 0 Å². The monoisotopic (exact) mass is 218 g/mol. The summed E-state index contributed by atoms with van der Waals surface area (Å²) in [5.41, 5.74) is 0.791. The lowest BCUT2D eigenvalue weighted by Gasteiger charge is -2.16. The molecule has 3 nitrogen and oxygen atoms in total. The van der Waals surface area contributed by atoms with E-state index in [2.05, 4.69) is 12.2 Å². The van der Waals surface area contributed by atoms with Crippen LogP contribution in [0, 0.1) is 0 Å². The Hall–Kier alpha value is -1.35. The number of likely N-dealkylation sites (N-methyl/N-ethyl adjacent to an activating group) is 1. The van der Waals surface area contributed by atoms with Crippen molar-refractivity contribution in [1.82, 2.24) is 10.2 Å². The Morgan fingerprint density at radius 1 is 1.44 bits per heavy atom. The van der Waals surface area contributed by atoms with Gasteiger partial charge in [0.2, 0.25) is 0 Å². The molecule has 1 aromatic carbocycles. The Morgan fingerprint density at radius 2 is 2.19 bits per heavy atom. The molecule has 1 saturated heterocycles. The van der Waals surface area contributed by atoms with E-state index in [0.717, 1.165) is 31.6 Å². The first kappa shape index (κ1) is 11.1. The Kier molecular flexibility index (Phi) is 3.57. The molecule has 0 aromatic heterocycles. The summed E-state index contributed by atoms with van der Waals surface area (Å²) in [4.78, 5) is 14.0. The van der Waals surface area contributed by atoms with Crippen LogP contribution in [0.15, 0.2) is 30.3 Å². The van der Waals surface area contributed by atoms with Crippen LogP contribution >= 0.6 is 0 Å². The third-order valence-electron chi connectivity index (χ3n) is 2.99. The van der Waals surface area contributed by atoms with Gasteiger partial charge >= 0.3 is 0 Å². The summed E-state index contributed by atoms with van der Waals surface area (Å²) in [6.45, 7) is 4.77. The molecule has 0 bridgehead atoms. The molecule has 0 spiro atoms. The van der Waals surface area contributed by atoms with E-state index < -0.39 is 0 Å². The van der Waals surface area contributed by atoms with Crippen molar-refractivity contribution >= 4 is 5.91 Å². The minimum atomic E-state index is 0.154. The number of hydrogen-bond donors (Lipinski definition) is 1. The first-order valence-corrected chi connectivity index (χ1v) is 5.89. The number of rotatable bonds is 3. The fourth-order valence-electron chi connectivity index (χ4n) is 2.16. The number of carbonyl (C=O) groups excluding carboxylic acids is 1. The average molecular weight is 218 g/mol. The normalized spacial score (nSPS) is 20.1. The van der Waals surface area contributed by atoms with E-state index in [-0.39, 0.29) is 5.91 Å². The molecule has 1 unspecified atom stereocenters. The lowest BCUT2D eigenvalue weighted by molar-refractivity contribution is 0.0789. The van der Waals surface area contributed by atoms with Crippen LogP contribution in [0.5, 0.6) is 0 Å². The van der Waals surface area contributed by atoms with E-state index in [4.69, 9.17) is 0 Å². The summed E-state index contributed by atoms with van der Waals surface area (Å²) in [7, 11) is 0. The molecule has 1 aliphatic heterocycles. The summed E-state index contributed by atoms with van der Waals surface area (Å²) >= 11 is 0. The van der Waals surface area contributed by atoms with Gasteiger partial charge in [-0.1, -0.05) is 25.1 Å². The zero-order valence-electron chi connectivity index (χ0n) is 9.65. The standard InChI is InChI=1S/C13H18N2O/c1-2-14-12-8-9-15(10-12)13(16)11-6-4-3-5-7-11/h3-7,12,14H,2,8-10H2,1H3. The lowest BCUT2D eigenvalue weighted by Crippen LogP contribution is -2.34. The molecule has 3 heteroatoms. The van der Waals surface area contributed by atoms with E-state index in [9.17, 15) is 4.79 Å². The molecule has 1 heterocycles. The zero-order chi connectivity index (χ0) is 11.4. The second-order valence-electron chi connectivity index (χ2n) is 4.16. The maximum absolute atomic E-state index is 12.1. The molecule has 2 rings (SSSR count). The van der Waals surface area contributed by atoms with Gasteiger partial charge in [-0.2, -0.15) is 0 Å². The molecular weight excluding hydrogens is 200 g/mol. The van der Waals surface area contributed by atoms with Gasteiger partial charge < -0.3 is 10.2 Å². The second-order valence-corrected chi connectivity index (χ2v) is 4.16. The molecule has 0 aliphatic carbocycles. The molecule has 1 aliphatic rings. The number of amides is 1. The molecule has 0 saturated carbocycles. The molecule has 86 valence electrons. The van der Waals surface area contributed by atoms with Gasteiger partial charge in [0.05, 0.1) is 0 Å². The van der Waals surface area contributed by atoms with E-state index in [1.807, 2.05) is 35.2 Å². The van der Waals surface area contributed by atoms with Crippen LogP contribution in [0.1, 0.15) is 23.7 Å². The quantitative estimate of drug-likeness (QED) is 0.834. The molecule has 16 heavy (non-hydrogen) atoms. The molecular formula is C13H18N2O. The number of nitrogens with zero attached hydrogens (tertiary/aromatic N) is 1. The number of nitrogens with one attached hydrogen (secondary N) is 1. The zero-order valence-corrected chi connectivity index (χ0v) is 9.65. The fraction of sp³-hybridized carbons (Fsp3) is 0.462. The van der Waals surface area contributed by atoms with Crippen molar-refractivity contribution in [2.24, 2.45) is 0 Å². The fourth-order valence-corrected chi connectivity index (χ4v) is 2.16. The van der Waals surface area contributed by atoms with Crippen molar-refractivity contribution in [3.8, 4) is 0 Å². The van der Waals surface area contributed by atoms with Crippen LogP contribution in [0.4, 0.5) is 0 Å². The SMILES string of the molecule is CCNC1CCN(C(=O)c2ccccc2)C1. The second kappa shape index (κ2) is 5.12. The van der Waals surface area contributed by atoms with Crippen molar-refractivity contribution in [2.45, 2.75) is 19.4 Å². The van der Waals surface area contributed by atoms with Crippen molar-refractivity contribution in [3.05, 3.63) is 35.9 Å². The van der Waals surface area contributed by atoms with Gasteiger partial charge in [-0.15, -0.1) is 0 Å². The molecule has 1 aromatic rings. The minimum Gasteiger partial charge on any atom is -0.337 e. The highest BCUT2D eigenvalue weighted by Gasteiger charge is 2.25. The van der Waals surface area contributed by atoms with Crippen molar-refractivity contribution < 1.29 is 4.79 Å². The largest absolute Gasteiger partial charge is 0.337 e. The number of carbonyl (C=O) groups is 1. The van der Waals surface area contributed by atoms with Crippen LogP contribution in [0.2, 0.25) is 0 Å². The predicted octanol–water partition coefficient (Wildman–Crippen LogP) is 1.51. The summed E-state index contributed by atoms with van der Waals surface area (Å²) in [6, 6.07) is 9.97. The van der Waals surface area contributed by atoms with Gasteiger partial charge in [0.15, 0.2) is 0 Å². The predicted molar refractivity (Wildman–Crippen MR) is 64.4 cm³/mol. The van der Waals surface area contributed by atoms with Gasteiger partial charge in [-0.25, -0.2) is 0 Å². The lowest BCUT2D eigenvalue weighted by atomic mass is 10.2. The van der Waals surface area contributed by atoms with Gasteiger partial charge in [-0.05, 0) is 25.1 Å². The number of likely N-dealkylation sites (tertiary alicyclic amines) is 1. The first-order valence-electron chi connectivity index (χ1n) is 5.89. The molecule has 1 N–H and O–H groups in total. The third-order valence-corrected chi connectivity index (χ3v) is 2.99. The van der Waals surface area contributed by atoms with Crippen LogP contribution < -0.4 is 5.32 Å². The van der Waals surface area contributed by atoms with Crippen LogP contribution in [0.3, 0.4) is 0 Å². The van der Waals surface area contributed by atoms with Crippen LogP contribution in [-0.2, 0) is 0 Å². The van der Waals surface area contributed by atoms with Gasteiger partial charge in [0.25, 0.3) is 5.91 Å². The summed E-state index contributed by atoms with van der Waals surface area (Å²) in [5.74, 6) is 0.154. The topological polar surface area (TPSA) is 32.3 Å². The third kappa shape index (κ3) is 2.42. The molecule has 0 radical (unpaired) electrons.